The fourth-order valence-corrected chi connectivity index (χ4v) is 5.91. The molecule has 0 saturated heterocycles. The molecule has 11 heteroatoms. The summed E-state index contributed by atoms with van der Waals surface area (Å²) in [5.41, 5.74) is 2.76. The number of benzene rings is 3. The number of aromatic carboxylic acids is 1. The number of nitrogens with zero attached hydrogens (tertiary/aromatic N) is 2. The van der Waals surface area contributed by atoms with E-state index in [0.717, 1.165) is 11.1 Å². The molecule has 4 aromatic rings. The highest BCUT2D eigenvalue weighted by Gasteiger charge is 2.35. The van der Waals surface area contributed by atoms with Crippen LogP contribution in [0.15, 0.2) is 87.8 Å². The van der Waals surface area contributed by atoms with Crippen LogP contribution in [0.2, 0.25) is 0 Å². The van der Waals surface area contributed by atoms with Gasteiger partial charge in [0.25, 0.3) is 5.56 Å². The van der Waals surface area contributed by atoms with Crippen LogP contribution in [0, 0.1) is 0 Å². The van der Waals surface area contributed by atoms with Gasteiger partial charge in [-0.25, -0.2) is 14.6 Å². The van der Waals surface area contributed by atoms with Crippen molar-refractivity contribution in [3.05, 3.63) is 120 Å². The van der Waals surface area contributed by atoms with Crippen LogP contribution in [0.1, 0.15) is 46.9 Å². The van der Waals surface area contributed by atoms with Gasteiger partial charge in [-0.2, -0.15) is 0 Å². The molecule has 5 rings (SSSR count). The van der Waals surface area contributed by atoms with Gasteiger partial charge >= 0.3 is 11.9 Å². The number of esters is 1. The second-order valence-electron chi connectivity index (χ2n) is 9.77. The van der Waals surface area contributed by atoms with Gasteiger partial charge in [0, 0.05) is 5.56 Å². The summed E-state index contributed by atoms with van der Waals surface area (Å²) >= 11 is 1.22. The Hall–Kier alpha value is -5.16. The molecular weight excluding hydrogens is 584 g/mol. The van der Waals surface area contributed by atoms with Gasteiger partial charge in [-0.1, -0.05) is 35.6 Å². The Morgan fingerprint density at radius 2 is 1.70 bits per heavy atom. The van der Waals surface area contributed by atoms with Gasteiger partial charge < -0.3 is 24.1 Å². The summed E-state index contributed by atoms with van der Waals surface area (Å²) < 4.78 is 24.2. The fourth-order valence-electron chi connectivity index (χ4n) is 4.86. The third kappa shape index (κ3) is 6.13. The SMILES string of the molecule is CCOC(=O)C1=C(C)N=c2s/c(=C/c3ccc(OCc4ccc(C(=O)O)cc4)cc3)c(=O)n2[C@H]1c1cc(OC)ccc1OC. The third-order valence-electron chi connectivity index (χ3n) is 7.03. The predicted octanol–water partition coefficient (Wildman–Crippen LogP) is 4.09. The van der Waals surface area contributed by atoms with Crippen molar-refractivity contribution in [1.82, 2.24) is 4.57 Å². The van der Waals surface area contributed by atoms with E-state index in [9.17, 15) is 14.4 Å². The van der Waals surface area contributed by atoms with Crippen molar-refractivity contribution >= 4 is 29.4 Å². The topological polar surface area (TPSA) is 126 Å². The molecule has 0 radical (unpaired) electrons. The molecule has 1 aliphatic rings. The van der Waals surface area contributed by atoms with E-state index >= 15 is 0 Å². The molecule has 10 nitrogen and oxygen atoms in total. The van der Waals surface area contributed by atoms with E-state index in [0.29, 0.717) is 37.8 Å². The number of carbonyl (C=O) groups excluding carboxylic acids is 1. The largest absolute Gasteiger partial charge is 0.497 e. The first-order valence-electron chi connectivity index (χ1n) is 13.7. The zero-order valence-corrected chi connectivity index (χ0v) is 25.3. The number of methoxy groups -OCH3 is 2. The number of carboxylic acid groups (broad SMARTS) is 1. The average Bonchev–Trinajstić information content (AvgIpc) is 3.33. The smallest absolute Gasteiger partial charge is 0.338 e. The molecule has 0 saturated carbocycles. The maximum Gasteiger partial charge on any atom is 0.338 e. The van der Waals surface area contributed by atoms with E-state index in [2.05, 4.69) is 4.99 Å². The van der Waals surface area contributed by atoms with Gasteiger partial charge in [0.1, 0.15) is 29.9 Å². The third-order valence-corrected chi connectivity index (χ3v) is 8.02. The molecular formula is C33H30N2O8S. The van der Waals surface area contributed by atoms with Crippen molar-refractivity contribution in [2.45, 2.75) is 26.5 Å². The number of hydrogen-bond acceptors (Lipinski definition) is 9. The Balaban J connectivity index is 1.50. The molecule has 3 aromatic carbocycles. The molecule has 1 atom stereocenters. The van der Waals surface area contributed by atoms with Crippen LogP contribution in [0.3, 0.4) is 0 Å². The molecule has 1 aliphatic heterocycles. The number of allylic oxidation sites excluding steroid dienone is 1. The summed E-state index contributed by atoms with van der Waals surface area (Å²) in [5, 5.41) is 9.06. The molecule has 0 spiro atoms. The minimum absolute atomic E-state index is 0.165. The summed E-state index contributed by atoms with van der Waals surface area (Å²) in [6.45, 7) is 3.88. The Morgan fingerprint density at radius 1 is 1.00 bits per heavy atom. The lowest BCUT2D eigenvalue weighted by atomic mass is 9.94. The summed E-state index contributed by atoms with van der Waals surface area (Å²) in [6, 6.07) is 18.1. The number of aromatic nitrogens is 1. The Labute approximate surface area is 256 Å². The Kier molecular flexibility index (Phi) is 8.96. The molecule has 226 valence electrons. The monoisotopic (exact) mass is 614 g/mol. The van der Waals surface area contributed by atoms with E-state index < -0.39 is 18.0 Å². The Morgan fingerprint density at radius 3 is 2.34 bits per heavy atom. The zero-order valence-electron chi connectivity index (χ0n) is 24.5. The van der Waals surface area contributed by atoms with Crippen molar-refractivity contribution in [3.8, 4) is 17.2 Å². The van der Waals surface area contributed by atoms with Crippen LogP contribution in [0.4, 0.5) is 0 Å². The molecule has 1 aromatic heterocycles. The highest BCUT2D eigenvalue weighted by molar-refractivity contribution is 7.07. The van der Waals surface area contributed by atoms with Crippen LogP contribution in [0.5, 0.6) is 17.2 Å². The molecule has 1 N–H and O–H groups in total. The molecule has 0 bridgehead atoms. The lowest BCUT2D eigenvalue weighted by Gasteiger charge is -2.26. The Bertz CT molecular complexity index is 1920. The van der Waals surface area contributed by atoms with Gasteiger partial charge in [-0.3, -0.25) is 9.36 Å². The minimum Gasteiger partial charge on any atom is -0.497 e. The number of hydrogen-bond donors (Lipinski definition) is 1. The molecule has 44 heavy (non-hydrogen) atoms. The van der Waals surface area contributed by atoms with Crippen molar-refractivity contribution in [2.75, 3.05) is 20.8 Å². The van der Waals surface area contributed by atoms with E-state index in [1.165, 1.54) is 35.1 Å². The molecule has 0 fully saturated rings. The summed E-state index contributed by atoms with van der Waals surface area (Å²) in [4.78, 5) is 43.3. The maximum absolute atomic E-state index is 14.0. The number of carboxylic acids is 1. The quantitative estimate of drug-likeness (QED) is 0.265. The number of fused-ring (bicyclic) bond motifs is 1. The first-order chi connectivity index (χ1) is 21.2. The normalized spacial score (nSPS) is 14.5. The summed E-state index contributed by atoms with van der Waals surface area (Å²) in [7, 11) is 3.07. The molecule has 0 aliphatic carbocycles. The van der Waals surface area contributed by atoms with Crippen LogP contribution in [-0.4, -0.2) is 42.4 Å². The minimum atomic E-state index is -0.981. The number of carbonyl (C=O) groups is 2. The van der Waals surface area contributed by atoms with Crippen LogP contribution >= 0.6 is 11.3 Å². The van der Waals surface area contributed by atoms with Crippen molar-refractivity contribution in [2.24, 2.45) is 4.99 Å². The standard InChI is InChI=1S/C33H30N2O8S/c1-5-42-32(39)28-19(2)34-33-35(29(28)25-17-24(40-3)14-15-26(25)41-4)30(36)27(44-33)16-20-8-12-23(13-9-20)43-18-21-6-10-22(11-7-21)31(37)38/h6-17,29H,5,18H2,1-4H3,(H,37,38)/b27-16+/t29-/m0/s1. The van der Waals surface area contributed by atoms with E-state index in [4.69, 9.17) is 24.1 Å². The average molecular weight is 615 g/mol. The first kappa shape index (κ1) is 30.3. The molecule has 0 unspecified atom stereocenters. The van der Waals surface area contributed by atoms with E-state index in [1.54, 1.807) is 69.5 Å². The van der Waals surface area contributed by atoms with Gasteiger partial charge in [-0.05, 0) is 73.5 Å². The summed E-state index contributed by atoms with van der Waals surface area (Å²) in [5.74, 6) is 0.0957. The van der Waals surface area contributed by atoms with Gasteiger partial charge in [0.2, 0.25) is 0 Å². The summed E-state index contributed by atoms with van der Waals surface area (Å²) in [6.07, 6.45) is 1.77. The van der Waals surface area contributed by atoms with E-state index in [-0.39, 0.29) is 29.9 Å². The van der Waals surface area contributed by atoms with Gasteiger partial charge in [0.15, 0.2) is 4.80 Å². The van der Waals surface area contributed by atoms with Gasteiger partial charge in [-0.15, -0.1) is 0 Å². The van der Waals surface area contributed by atoms with Gasteiger partial charge in [0.05, 0.1) is 42.2 Å². The number of thiazole rings is 1. The molecule has 0 amide bonds. The van der Waals surface area contributed by atoms with Crippen LogP contribution in [-0.2, 0) is 16.1 Å². The zero-order chi connectivity index (χ0) is 31.4. The van der Waals surface area contributed by atoms with Crippen molar-refractivity contribution < 1.29 is 33.6 Å². The lowest BCUT2D eigenvalue weighted by molar-refractivity contribution is -0.139. The number of ether oxygens (including phenoxy) is 4. The van der Waals surface area contributed by atoms with Crippen molar-refractivity contribution in [3.63, 3.8) is 0 Å². The maximum atomic E-state index is 14.0. The molecule has 2 heterocycles. The van der Waals surface area contributed by atoms with E-state index in [1.807, 2.05) is 12.1 Å². The van der Waals surface area contributed by atoms with Crippen LogP contribution in [0.25, 0.3) is 6.08 Å². The second kappa shape index (κ2) is 13.0. The number of rotatable bonds is 10. The second-order valence-corrected chi connectivity index (χ2v) is 10.8. The lowest BCUT2D eigenvalue weighted by Crippen LogP contribution is -2.40. The highest BCUT2D eigenvalue weighted by atomic mass is 32.1. The first-order valence-corrected chi connectivity index (χ1v) is 14.5. The fraction of sp³-hybridized carbons (Fsp3) is 0.212. The predicted molar refractivity (Wildman–Crippen MR) is 164 cm³/mol. The highest BCUT2D eigenvalue weighted by Crippen LogP contribution is 2.37. The van der Waals surface area contributed by atoms with Crippen molar-refractivity contribution in [1.29, 1.82) is 0 Å². The van der Waals surface area contributed by atoms with Crippen LogP contribution < -0.4 is 29.1 Å².